The molecule has 1 aromatic heterocycles. The lowest BCUT2D eigenvalue weighted by atomic mass is 10.4. The van der Waals surface area contributed by atoms with Crippen molar-refractivity contribution in [3.63, 3.8) is 0 Å². The van der Waals surface area contributed by atoms with Gasteiger partial charge in [0.1, 0.15) is 10.4 Å². The van der Waals surface area contributed by atoms with Gasteiger partial charge >= 0.3 is 0 Å². The van der Waals surface area contributed by atoms with Gasteiger partial charge in [-0.3, -0.25) is 5.84 Å². The van der Waals surface area contributed by atoms with E-state index in [9.17, 15) is 4.39 Å². The second-order valence-electron chi connectivity index (χ2n) is 1.64. The van der Waals surface area contributed by atoms with Crippen LogP contribution in [0, 0.1) is 5.82 Å². The van der Waals surface area contributed by atoms with Crippen LogP contribution in [-0.2, 0) is 0 Å². The Morgan fingerprint density at radius 2 is 2.40 bits per heavy atom. The summed E-state index contributed by atoms with van der Waals surface area (Å²) in [6.07, 6.45) is 1.10. The number of nitrogens with zero attached hydrogens (tertiary/aromatic N) is 1. The van der Waals surface area contributed by atoms with E-state index in [0.29, 0.717) is 10.3 Å². The molecule has 0 bridgehead atoms. The molecule has 3 nitrogen and oxygen atoms in total. The molecule has 0 saturated carbocycles. The molecular weight excluding hydrogens is 201 g/mol. The first-order chi connectivity index (χ1) is 4.74. The summed E-state index contributed by atoms with van der Waals surface area (Å²) >= 11 is 3.07. The minimum Gasteiger partial charge on any atom is -0.322 e. The Bertz CT molecular complexity index is 240. The highest BCUT2D eigenvalue weighted by Crippen LogP contribution is 2.18. The standard InChI is InChI=1S/C5H5BrFN3/c6-5-4(10-8)1-3(7)2-9-5/h1-2,10H,8H2. The highest BCUT2D eigenvalue weighted by Gasteiger charge is 1.99. The molecule has 0 aliphatic rings. The molecule has 54 valence electrons. The molecule has 0 unspecified atom stereocenters. The number of hydrazine groups is 1. The van der Waals surface area contributed by atoms with Crippen LogP contribution in [-0.4, -0.2) is 4.98 Å². The second-order valence-corrected chi connectivity index (χ2v) is 2.39. The zero-order chi connectivity index (χ0) is 7.56. The third-order valence-electron chi connectivity index (χ3n) is 0.961. The number of nitrogens with one attached hydrogen (secondary N) is 1. The van der Waals surface area contributed by atoms with Crippen molar-refractivity contribution in [3.8, 4) is 0 Å². The predicted octanol–water partition coefficient (Wildman–Crippen LogP) is 1.27. The molecule has 3 N–H and O–H groups in total. The van der Waals surface area contributed by atoms with Gasteiger partial charge in [0.05, 0.1) is 11.9 Å². The lowest BCUT2D eigenvalue weighted by Crippen LogP contribution is -2.08. The number of halogens is 2. The van der Waals surface area contributed by atoms with E-state index >= 15 is 0 Å². The Labute approximate surface area is 65.5 Å². The summed E-state index contributed by atoms with van der Waals surface area (Å²) in [6.45, 7) is 0. The summed E-state index contributed by atoms with van der Waals surface area (Å²) in [4.78, 5) is 3.65. The highest BCUT2D eigenvalue weighted by atomic mass is 79.9. The molecule has 0 amide bonds. The third-order valence-corrected chi connectivity index (χ3v) is 1.59. The smallest absolute Gasteiger partial charge is 0.143 e. The number of pyridine rings is 1. The average Bonchev–Trinajstić information content (AvgIpc) is 1.94. The fraction of sp³-hybridized carbons (Fsp3) is 0. The normalized spacial score (nSPS) is 9.50. The lowest BCUT2D eigenvalue weighted by molar-refractivity contribution is 0.621. The number of rotatable bonds is 1. The van der Waals surface area contributed by atoms with Gasteiger partial charge < -0.3 is 5.43 Å². The van der Waals surface area contributed by atoms with Gasteiger partial charge in [0.25, 0.3) is 0 Å². The molecule has 0 aliphatic carbocycles. The molecule has 0 aliphatic heterocycles. The van der Waals surface area contributed by atoms with Gasteiger partial charge in [-0.05, 0) is 15.9 Å². The third kappa shape index (κ3) is 1.43. The van der Waals surface area contributed by atoms with E-state index in [1.807, 2.05) is 0 Å². The maximum absolute atomic E-state index is 12.4. The Morgan fingerprint density at radius 3 is 2.90 bits per heavy atom. The Balaban J connectivity index is 3.09. The second kappa shape index (κ2) is 2.94. The zero-order valence-corrected chi connectivity index (χ0v) is 6.52. The minimum atomic E-state index is -0.420. The van der Waals surface area contributed by atoms with E-state index in [1.54, 1.807) is 0 Å². The topological polar surface area (TPSA) is 50.9 Å². The van der Waals surface area contributed by atoms with Gasteiger partial charge in [-0.1, -0.05) is 0 Å². The highest BCUT2D eigenvalue weighted by molar-refractivity contribution is 9.10. The molecule has 0 atom stereocenters. The number of anilines is 1. The van der Waals surface area contributed by atoms with Crippen molar-refractivity contribution in [2.24, 2.45) is 5.84 Å². The summed E-state index contributed by atoms with van der Waals surface area (Å²) in [5.41, 5.74) is 2.72. The fourth-order valence-corrected chi connectivity index (χ4v) is 0.855. The van der Waals surface area contributed by atoms with E-state index in [2.05, 4.69) is 26.3 Å². The summed E-state index contributed by atoms with van der Waals surface area (Å²) in [6, 6.07) is 1.25. The predicted molar refractivity (Wildman–Crippen MR) is 39.7 cm³/mol. The van der Waals surface area contributed by atoms with Crippen LogP contribution >= 0.6 is 15.9 Å². The van der Waals surface area contributed by atoms with Crippen LogP contribution in [0.2, 0.25) is 0 Å². The Kier molecular flexibility index (Phi) is 2.18. The van der Waals surface area contributed by atoms with E-state index in [0.717, 1.165) is 6.20 Å². The van der Waals surface area contributed by atoms with Crippen LogP contribution in [0.5, 0.6) is 0 Å². The number of aromatic nitrogens is 1. The first-order valence-corrected chi connectivity index (χ1v) is 3.31. The van der Waals surface area contributed by atoms with Crippen molar-refractivity contribution in [1.29, 1.82) is 0 Å². The molecule has 1 aromatic rings. The van der Waals surface area contributed by atoms with Gasteiger partial charge in [-0.25, -0.2) is 9.37 Å². The van der Waals surface area contributed by atoms with E-state index in [4.69, 9.17) is 5.84 Å². The SMILES string of the molecule is NNc1cc(F)cnc1Br. The van der Waals surface area contributed by atoms with Crippen molar-refractivity contribution < 1.29 is 4.39 Å². The van der Waals surface area contributed by atoms with Gasteiger partial charge in [0, 0.05) is 6.07 Å². The molecule has 1 heterocycles. The Hall–Kier alpha value is -0.680. The molecule has 1 rings (SSSR count). The largest absolute Gasteiger partial charge is 0.322 e. The molecule has 0 fully saturated rings. The van der Waals surface area contributed by atoms with E-state index in [1.165, 1.54) is 6.07 Å². The van der Waals surface area contributed by atoms with E-state index in [-0.39, 0.29) is 0 Å². The number of nitrogen functional groups attached to an aromatic ring is 1. The van der Waals surface area contributed by atoms with Crippen LogP contribution < -0.4 is 11.3 Å². The molecule has 5 heteroatoms. The van der Waals surface area contributed by atoms with Gasteiger partial charge in [-0.15, -0.1) is 0 Å². The molecule has 0 spiro atoms. The van der Waals surface area contributed by atoms with Crippen molar-refractivity contribution in [2.75, 3.05) is 5.43 Å². The first kappa shape index (κ1) is 7.43. The molecule has 0 aromatic carbocycles. The molecular formula is C5H5BrFN3. The zero-order valence-electron chi connectivity index (χ0n) is 4.94. The van der Waals surface area contributed by atoms with Crippen LogP contribution in [0.15, 0.2) is 16.9 Å². The van der Waals surface area contributed by atoms with Crippen LogP contribution in [0.4, 0.5) is 10.1 Å². The number of hydrogen-bond donors (Lipinski definition) is 2. The fourth-order valence-electron chi connectivity index (χ4n) is 0.524. The molecule has 10 heavy (non-hydrogen) atoms. The average molecular weight is 206 g/mol. The van der Waals surface area contributed by atoms with Gasteiger partial charge in [-0.2, -0.15) is 0 Å². The number of hydrogen-bond acceptors (Lipinski definition) is 3. The van der Waals surface area contributed by atoms with E-state index < -0.39 is 5.82 Å². The maximum atomic E-state index is 12.4. The maximum Gasteiger partial charge on any atom is 0.143 e. The summed E-state index contributed by atoms with van der Waals surface area (Å²) in [7, 11) is 0. The Morgan fingerprint density at radius 1 is 1.70 bits per heavy atom. The lowest BCUT2D eigenvalue weighted by Gasteiger charge is -2.00. The summed E-state index contributed by atoms with van der Waals surface area (Å²) < 4.78 is 12.9. The minimum absolute atomic E-state index is 0.420. The van der Waals surface area contributed by atoms with Crippen LogP contribution in [0.3, 0.4) is 0 Å². The quantitative estimate of drug-likeness (QED) is 0.413. The van der Waals surface area contributed by atoms with Crippen LogP contribution in [0.25, 0.3) is 0 Å². The number of nitrogens with two attached hydrogens (primary N) is 1. The molecule has 0 radical (unpaired) electrons. The molecule has 0 saturated heterocycles. The summed E-state index contributed by atoms with van der Waals surface area (Å²) in [5.74, 6) is 4.61. The van der Waals surface area contributed by atoms with Crippen LogP contribution in [0.1, 0.15) is 0 Å². The summed E-state index contributed by atoms with van der Waals surface area (Å²) in [5, 5.41) is 0. The van der Waals surface area contributed by atoms with Crippen molar-refractivity contribution in [1.82, 2.24) is 4.98 Å². The monoisotopic (exact) mass is 205 g/mol. The van der Waals surface area contributed by atoms with Gasteiger partial charge in [0.15, 0.2) is 0 Å². The first-order valence-electron chi connectivity index (χ1n) is 2.51. The van der Waals surface area contributed by atoms with Crippen molar-refractivity contribution in [3.05, 3.63) is 22.7 Å². The van der Waals surface area contributed by atoms with Gasteiger partial charge in [0.2, 0.25) is 0 Å². The van der Waals surface area contributed by atoms with Crippen molar-refractivity contribution >= 4 is 21.6 Å². The van der Waals surface area contributed by atoms with Crippen molar-refractivity contribution in [2.45, 2.75) is 0 Å².